The van der Waals surface area contributed by atoms with Gasteiger partial charge in [0.1, 0.15) is 0 Å². The van der Waals surface area contributed by atoms with Crippen molar-refractivity contribution >= 4 is 29.9 Å². The maximum Gasteiger partial charge on any atom is 0.191 e. The molecule has 0 unspecified atom stereocenters. The van der Waals surface area contributed by atoms with E-state index < -0.39 is 0 Å². The first-order valence-electron chi connectivity index (χ1n) is 10.1. The predicted octanol–water partition coefficient (Wildman–Crippen LogP) is 3.15. The van der Waals surface area contributed by atoms with E-state index in [-0.39, 0.29) is 24.0 Å². The van der Waals surface area contributed by atoms with Crippen LogP contribution in [0.1, 0.15) is 32.3 Å². The molecule has 28 heavy (non-hydrogen) atoms. The molecule has 1 saturated heterocycles. The Kier molecular flexibility index (Phi) is 12.3. The number of methoxy groups -OCH3 is 2. The summed E-state index contributed by atoms with van der Waals surface area (Å²) in [6, 6.07) is 6.05. The van der Waals surface area contributed by atoms with Crippen LogP contribution in [0, 0.1) is 5.92 Å². The van der Waals surface area contributed by atoms with Crippen LogP contribution in [-0.4, -0.2) is 64.3 Å². The van der Waals surface area contributed by atoms with Crippen LogP contribution in [0.4, 0.5) is 0 Å². The fraction of sp³-hybridized carbons (Fsp3) is 0.667. The van der Waals surface area contributed by atoms with Crippen molar-refractivity contribution in [2.24, 2.45) is 10.9 Å². The Morgan fingerprint density at radius 1 is 1.14 bits per heavy atom. The van der Waals surface area contributed by atoms with Crippen LogP contribution in [0.15, 0.2) is 23.2 Å². The molecule has 0 radical (unpaired) electrons. The van der Waals surface area contributed by atoms with Crippen molar-refractivity contribution in [1.82, 2.24) is 15.5 Å². The average molecular weight is 504 g/mol. The summed E-state index contributed by atoms with van der Waals surface area (Å²) in [5.74, 6) is 3.30. The lowest BCUT2D eigenvalue weighted by atomic mass is 9.99. The molecule has 1 heterocycles. The molecule has 160 valence electrons. The smallest absolute Gasteiger partial charge is 0.191 e. The minimum absolute atomic E-state index is 0. The minimum atomic E-state index is 0. The van der Waals surface area contributed by atoms with E-state index in [1.165, 1.54) is 31.5 Å². The molecule has 0 spiro atoms. The van der Waals surface area contributed by atoms with Crippen molar-refractivity contribution in [3.05, 3.63) is 23.8 Å². The number of guanidine groups is 1. The zero-order valence-electron chi connectivity index (χ0n) is 17.8. The van der Waals surface area contributed by atoms with Crippen LogP contribution in [0.2, 0.25) is 0 Å². The van der Waals surface area contributed by atoms with Crippen molar-refractivity contribution in [2.75, 3.05) is 53.5 Å². The SMILES string of the molecule is CCNC(=NCCN1CCC(C)CC1)NCCc1ccc(OC)c(OC)c1.I. The third-order valence-electron chi connectivity index (χ3n) is 5.06. The lowest BCUT2D eigenvalue weighted by Crippen LogP contribution is -2.39. The number of rotatable bonds is 9. The molecule has 2 N–H and O–H groups in total. The van der Waals surface area contributed by atoms with Gasteiger partial charge in [0.15, 0.2) is 17.5 Å². The Labute approximate surface area is 187 Å². The molecule has 1 aliphatic heterocycles. The summed E-state index contributed by atoms with van der Waals surface area (Å²) in [7, 11) is 3.32. The van der Waals surface area contributed by atoms with Gasteiger partial charge in [-0.3, -0.25) is 4.99 Å². The summed E-state index contributed by atoms with van der Waals surface area (Å²) in [5.41, 5.74) is 1.21. The summed E-state index contributed by atoms with van der Waals surface area (Å²) in [4.78, 5) is 7.25. The molecule has 1 aromatic rings. The van der Waals surface area contributed by atoms with Crippen molar-refractivity contribution in [2.45, 2.75) is 33.1 Å². The van der Waals surface area contributed by atoms with Crippen molar-refractivity contribution in [3.63, 3.8) is 0 Å². The fourth-order valence-electron chi connectivity index (χ4n) is 3.29. The van der Waals surface area contributed by atoms with Crippen LogP contribution in [0.25, 0.3) is 0 Å². The van der Waals surface area contributed by atoms with Crippen LogP contribution in [0.5, 0.6) is 11.5 Å². The molecule has 0 aliphatic carbocycles. The Hall–Kier alpha value is -1.22. The molecule has 1 fully saturated rings. The lowest BCUT2D eigenvalue weighted by Gasteiger charge is -2.29. The van der Waals surface area contributed by atoms with Crippen molar-refractivity contribution < 1.29 is 9.47 Å². The zero-order chi connectivity index (χ0) is 19.5. The number of hydrogen-bond donors (Lipinski definition) is 2. The summed E-state index contributed by atoms with van der Waals surface area (Å²) in [6.45, 7) is 10.4. The van der Waals surface area contributed by atoms with Crippen LogP contribution in [0.3, 0.4) is 0 Å². The standard InChI is InChI=1S/C21H36N4O2.HI/c1-5-22-21(24-12-15-25-13-9-17(2)10-14-25)23-11-8-18-6-7-19(26-3)20(16-18)27-4;/h6-7,16-17H,5,8-15H2,1-4H3,(H2,22,23,24);1H. The van der Waals surface area contributed by atoms with E-state index in [4.69, 9.17) is 14.5 Å². The lowest BCUT2D eigenvalue weighted by molar-refractivity contribution is 0.197. The third kappa shape index (κ3) is 8.43. The predicted molar refractivity (Wildman–Crippen MR) is 127 cm³/mol. The van der Waals surface area contributed by atoms with Gasteiger partial charge < -0.3 is 25.0 Å². The molecule has 6 nitrogen and oxygen atoms in total. The largest absolute Gasteiger partial charge is 0.493 e. The van der Waals surface area contributed by atoms with Gasteiger partial charge in [-0.15, -0.1) is 24.0 Å². The second kappa shape index (κ2) is 13.9. The Balaban J connectivity index is 0.00000392. The molecular weight excluding hydrogens is 467 g/mol. The molecular formula is C21H37IN4O2. The highest BCUT2D eigenvalue weighted by molar-refractivity contribution is 14.0. The maximum atomic E-state index is 5.37. The summed E-state index contributed by atoms with van der Waals surface area (Å²) in [5, 5.41) is 6.76. The van der Waals surface area contributed by atoms with Gasteiger partial charge in [0.05, 0.1) is 20.8 Å². The van der Waals surface area contributed by atoms with Crippen LogP contribution >= 0.6 is 24.0 Å². The van der Waals surface area contributed by atoms with Crippen LogP contribution < -0.4 is 20.1 Å². The zero-order valence-corrected chi connectivity index (χ0v) is 20.1. The van der Waals surface area contributed by atoms with Gasteiger partial charge in [0.2, 0.25) is 0 Å². The van der Waals surface area contributed by atoms with E-state index in [2.05, 4.69) is 35.4 Å². The number of benzene rings is 1. The first-order chi connectivity index (χ1) is 13.2. The first kappa shape index (κ1) is 24.8. The van der Waals surface area contributed by atoms with E-state index in [0.717, 1.165) is 56.0 Å². The number of likely N-dealkylation sites (tertiary alicyclic amines) is 1. The average Bonchev–Trinajstić information content (AvgIpc) is 2.69. The molecule has 0 atom stereocenters. The number of aliphatic imine (C=N–C) groups is 1. The van der Waals surface area contributed by atoms with Crippen LogP contribution in [-0.2, 0) is 6.42 Å². The number of nitrogens with one attached hydrogen (secondary N) is 2. The van der Waals surface area contributed by atoms with Gasteiger partial charge in [-0.05, 0) is 62.9 Å². The van der Waals surface area contributed by atoms with Gasteiger partial charge in [-0.2, -0.15) is 0 Å². The first-order valence-corrected chi connectivity index (χ1v) is 10.1. The topological polar surface area (TPSA) is 58.1 Å². The van der Waals surface area contributed by atoms with Gasteiger partial charge >= 0.3 is 0 Å². The normalized spacial score (nSPS) is 15.6. The van der Waals surface area contributed by atoms with Gasteiger partial charge in [-0.1, -0.05) is 13.0 Å². The van der Waals surface area contributed by atoms with E-state index >= 15 is 0 Å². The molecule has 2 rings (SSSR count). The molecule has 1 aromatic carbocycles. The number of halogens is 1. The number of nitrogens with zero attached hydrogens (tertiary/aromatic N) is 2. The summed E-state index contributed by atoms with van der Waals surface area (Å²) in [6.07, 6.45) is 3.52. The van der Waals surface area contributed by atoms with Gasteiger partial charge in [0, 0.05) is 19.6 Å². The Morgan fingerprint density at radius 3 is 2.50 bits per heavy atom. The number of piperidine rings is 1. The molecule has 1 aliphatic rings. The van der Waals surface area contributed by atoms with E-state index in [1.54, 1.807) is 14.2 Å². The van der Waals surface area contributed by atoms with E-state index in [0.29, 0.717) is 0 Å². The minimum Gasteiger partial charge on any atom is -0.493 e. The number of ether oxygens (including phenoxy) is 2. The Bertz CT molecular complexity index is 590. The molecule has 0 aromatic heterocycles. The molecule has 0 saturated carbocycles. The van der Waals surface area contributed by atoms with Gasteiger partial charge in [-0.25, -0.2) is 0 Å². The number of hydrogen-bond acceptors (Lipinski definition) is 4. The summed E-state index contributed by atoms with van der Waals surface area (Å²) < 4.78 is 10.7. The quantitative estimate of drug-likeness (QED) is 0.308. The highest BCUT2D eigenvalue weighted by Crippen LogP contribution is 2.27. The molecule has 0 bridgehead atoms. The third-order valence-corrected chi connectivity index (χ3v) is 5.06. The van der Waals surface area contributed by atoms with Crippen molar-refractivity contribution in [3.8, 4) is 11.5 Å². The highest BCUT2D eigenvalue weighted by atomic mass is 127. The summed E-state index contributed by atoms with van der Waals surface area (Å²) >= 11 is 0. The van der Waals surface area contributed by atoms with E-state index in [9.17, 15) is 0 Å². The second-order valence-electron chi connectivity index (χ2n) is 7.15. The fourth-order valence-corrected chi connectivity index (χ4v) is 3.29. The Morgan fingerprint density at radius 2 is 1.86 bits per heavy atom. The highest BCUT2D eigenvalue weighted by Gasteiger charge is 2.14. The monoisotopic (exact) mass is 504 g/mol. The molecule has 7 heteroatoms. The van der Waals surface area contributed by atoms with E-state index in [1.807, 2.05) is 12.1 Å². The van der Waals surface area contributed by atoms with Gasteiger partial charge in [0.25, 0.3) is 0 Å². The second-order valence-corrected chi connectivity index (χ2v) is 7.15. The maximum absolute atomic E-state index is 5.37. The van der Waals surface area contributed by atoms with Crippen molar-refractivity contribution in [1.29, 1.82) is 0 Å². The molecule has 0 amide bonds.